The number of carbonyl (C=O) groups excluding carboxylic acids is 1. The second-order valence-electron chi connectivity index (χ2n) is 4.98. The van der Waals surface area contributed by atoms with Crippen LogP contribution in [0.4, 0.5) is 0 Å². The molecule has 0 aromatic heterocycles. The average Bonchev–Trinajstić information content (AvgIpc) is 2.81. The van der Waals surface area contributed by atoms with Crippen LogP contribution in [-0.4, -0.2) is 23.0 Å². The molecular weight excluding hydrogens is 310 g/mol. The monoisotopic (exact) mass is 325 g/mol. The van der Waals surface area contributed by atoms with E-state index < -0.39 is 5.97 Å². The molecule has 2 N–H and O–H groups in total. The van der Waals surface area contributed by atoms with Crippen LogP contribution in [0, 0.1) is 12.8 Å². The first-order valence-electron chi connectivity index (χ1n) is 6.27. The van der Waals surface area contributed by atoms with E-state index in [0.29, 0.717) is 18.4 Å². The van der Waals surface area contributed by atoms with Crippen molar-refractivity contribution < 1.29 is 14.7 Å². The summed E-state index contributed by atoms with van der Waals surface area (Å²) in [5.41, 5.74) is 1.61. The number of nitrogens with one attached hydrogen (secondary N) is 1. The quantitative estimate of drug-likeness (QED) is 0.897. The van der Waals surface area contributed by atoms with Crippen molar-refractivity contribution in [2.75, 3.05) is 0 Å². The zero-order chi connectivity index (χ0) is 14.0. The molecule has 1 saturated carbocycles. The Balaban J connectivity index is 1.98. The molecule has 0 heterocycles. The Morgan fingerprint density at radius 1 is 1.37 bits per heavy atom. The molecule has 0 spiro atoms. The number of aliphatic carboxylic acids is 1. The van der Waals surface area contributed by atoms with E-state index in [1.54, 1.807) is 6.07 Å². The third kappa shape index (κ3) is 3.35. The second-order valence-corrected chi connectivity index (χ2v) is 5.84. The second kappa shape index (κ2) is 5.74. The van der Waals surface area contributed by atoms with Crippen molar-refractivity contribution in [2.24, 2.45) is 5.92 Å². The first kappa shape index (κ1) is 14.1. The summed E-state index contributed by atoms with van der Waals surface area (Å²) in [6.45, 7) is 1.93. The van der Waals surface area contributed by atoms with Gasteiger partial charge < -0.3 is 10.4 Å². The van der Waals surface area contributed by atoms with Crippen LogP contribution in [0.2, 0.25) is 0 Å². The molecule has 0 bridgehead atoms. The van der Waals surface area contributed by atoms with E-state index in [9.17, 15) is 9.59 Å². The van der Waals surface area contributed by atoms with E-state index in [1.165, 1.54) is 0 Å². The summed E-state index contributed by atoms with van der Waals surface area (Å²) in [6, 6.07) is 5.40. The van der Waals surface area contributed by atoms with E-state index >= 15 is 0 Å². The molecule has 0 radical (unpaired) electrons. The normalized spacial score (nSPS) is 22.2. The van der Waals surface area contributed by atoms with Crippen LogP contribution in [0.15, 0.2) is 22.7 Å². The van der Waals surface area contributed by atoms with E-state index in [2.05, 4.69) is 21.2 Å². The lowest BCUT2D eigenvalue weighted by molar-refractivity contribution is -0.141. The molecule has 102 valence electrons. The summed E-state index contributed by atoms with van der Waals surface area (Å²) in [7, 11) is 0. The molecule has 2 rings (SSSR count). The maximum Gasteiger partial charge on any atom is 0.306 e. The number of hydrogen-bond acceptors (Lipinski definition) is 2. The van der Waals surface area contributed by atoms with Gasteiger partial charge >= 0.3 is 5.97 Å². The van der Waals surface area contributed by atoms with Gasteiger partial charge in [-0.05, 0) is 49.9 Å². The number of halogens is 1. The number of carboxylic acids is 1. The Labute approximate surface area is 120 Å². The number of rotatable bonds is 3. The summed E-state index contributed by atoms with van der Waals surface area (Å²) >= 11 is 3.39. The number of amides is 1. The smallest absolute Gasteiger partial charge is 0.306 e. The predicted octanol–water partition coefficient (Wildman–Crippen LogP) is 2.74. The molecule has 1 aromatic carbocycles. The van der Waals surface area contributed by atoms with Crippen molar-refractivity contribution in [3.63, 3.8) is 0 Å². The van der Waals surface area contributed by atoms with Gasteiger partial charge in [0.1, 0.15) is 0 Å². The highest BCUT2D eigenvalue weighted by atomic mass is 79.9. The van der Waals surface area contributed by atoms with Crippen LogP contribution >= 0.6 is 15.9 Å². The van der Waals surface area contributed by atoms with Gasteiger partial charge in [-0.1, -0.05) is 15.9 Å². The molecule has 2 atom stereocenters. The lowest BCUT2D eigenvalue weighted by atomic mass is 10.1. The first-order valence-corrected chi connectivity index (χ1v) is 7.06. The highest BCUT2D eigenvalue weighted by Gasteiger charge is 2.30. The van der Waals surface area contributed by atoms with Crippen LogP contribution in [-0.2, 0) is 4.79 Å². The van der Waals surface area contributed by atoms with E-state index in [0.717, 1.165) is 16.5 Å². The molecule has 5 heteroatoms. The number of aryl methyl sites for hydroxylation is 1. The Morgan fingerprint density at radius 2 is 2.11 bits per heavy atom. The Hall–Kier alpha value is -1.36. The largest absolute Gasteiger partial charge is 0.481 e. The van der Waals surface area contributed by atoms with E-state index in [1.807, 2.05) is 19.1 Å². The minimum Gasteiger partial charge on any atom is -0.481 e. The van der Waals surface area contributed by atoms with Gasteiger partial charge in [0.25, 0.3) is 5.91 Å². The Kier molecular flexibility index (Phi) is 4.24. The number of benzene rings is 1. The van der Waals surface area contributed by atoms with Crippen molar-refractivity contribution in [3.05, 3.63) is 33.8 Å². The zero-order valence-corrected chi connectivity index (χ0v) is 12.2. The van der Waals surface area contributed by atoms with Gasteiger partial charge in [0.2, 0.25) is 0 Å². The molecule has 1 aliphatic rings. The topological polar surface area (TPSA) is 66.4 Å². The molecule has 1 aromatic rings. The van der Waals surface area contributed by atoms with Gasteiger partial charge in [-0.2, -0.15) is 0 Å². The maximum atomic E-state index is 12.1. The summed E-state index contributed by atoms with van der Waals surface area (Å²) < 4.78 is 0.968. The van der Waals surface area contributed by atoms with Crippen LogP contribution in [0.1, 0.15) is 35.2 Å². The summed E-state index contributed by atoms with van der Waals surface area (Å²) in [5, 5.41) is 11.8. The molecule has 4 nitrogen and oxygen atoms in total. The van der Waals surface area contributed by atoms with E-state index in [-0.39, 0.29) is 17.9 Å². The summed E-state index contributed by atoms with van der Waals surface area (Å²) in [4.78, 5) is 22.9. The Bertz CT molecular complexity index is 515. The molecule has 1 amide bonds. The molecule has 0 aliphatic heterocycles. The highest BCUT2D eigenvalue weighted by Crippen LogP contribution is 2.26. The lowest BCUT2D eigenvalue weighted by Crippen LogP contribution is -2.33. The van der Waals surface area contributed by atoms with Gasteiger partial charge in [-0.15, -0.1) is 0 Å². The molecule has 19 heavy (non-hydrogen) atoms. The van der Waals surface area contributed by atoms with Gasteiger partial charge in [0, 0.05) is 16.1 Å². The number of hydrogen-bond donors (Lipinski definition) is 2. The van der Waals surface area contributed by atoms with Crippen LogP contribution < -0.4 is 5.32 Å². The van der Waals surface area contributed by atoms with Gasteiger partial charge in [-0.3, -0.25) is 9.59 Å². The van der Waals surface area contributed by atoms with Gasteiger partial charge in [0.15, 0.2) is 0 Å². The molecule has 1 fully saturated rings. The van der Waals surface area contributed by atoms with Crippen molar-refractivity contribution >= 4 is 27.8 Å². The Morgan fingerprint density at radius 3 is 2.68 bits per heavy atom. The summed E-state index contributed by atoms with van der Waals surface area (Å²) in [5.74, 6) is -1.22. The van der Waals surface area contributed by atoms with Gasteiger partial charge in [-0.25, -0.2) is 0 Å². The third-order valence-corrected chi connectivity index (χ3v) is 4.43. The van der Waals surface area contributed by atoms with Crippen molar-refractivity contribution in [1.29, 1.82) is 0 Å². The van der Waals surface area contributed by atoms with Crippen molar-refractivity contribution in [2.45, 2.75) is 32.2 Å². The minimum absolute atomic E-state index is 0.0300. The molecule has 2 unspecified atom stereocenters. The minimum atomic E-state index is -0.767. The first-order chi connectivity index (χ1) is 8.97. The standard InChI is InChI=1S/C14H16BrNO3/c1-8-6-9(3-5-12(8)15)13(17)16-11-4-2-10(7-11)14(18)19/h3,5-6,10-11H,2,4,7H2,1H3,(H,16,17)(H,18,19). The SMILES string of the molecule is Cc1cc(C(=O)NC2CCC(C(=O)O)C2)ccc1Br. The summed E-state index contributed by atoms with van der Waals surface area (Å²) in [6.07, 6.45) is 1.90. The number of carbonyl (C=O) groups is 2. The predicted molar refractivity (Wildman–Crippen MR) is 75.1 cm³/mol. The van der Waals surface area contributed by atoms with E-state index in [4.69, 9.17) is 5.11 Å². The average molecular weight is 326 g/mol. The fourth-order valence-corrected chi connectivity index (χ4v) is 2.64. The van der Waals surface area contributed by atoms with Crippen LogP contribution in [0.5, 0.6) is 0 Å². The fourth-order valence-electron chi connectivity index (χ4n) is 2.39. The number of carboxylic acid groups (broad SMARTS) is 1. The van der Waals surface area contributed by atoms with Crippen LogP contribution in [0.25, 0.3) is 0 Å². The molecule has 1 aliphatic carbocycles. The van der Waals surface area contributed by atoms with Crippen molar-refractivity contribution in [3.8, 4) is 0 Å². The maximum absolute atomic E-state index is 12.1. The van der Waals surface area contributed by atoms with Crippen molar-refractivity contribution in [1.82, 2.24) is 5.32 Å². The fraction of sp³-hybridized carbons (Fsp3) is 0.429. The van der Waals surface area contributed by atoms with Crippen LogP contribution in [0.3, 0.4) is 0 Å². The zero-order valence-electron chi connectivity index (χ0n) is 10.6. The third-order valence-electron chi connectivity index (χ3n) is 3.54. The van der Waals surface area contributed by atoms with Gasteiger partial charge in [0.05, 0.1) is 5.92 Å². The molecule has 0 saturated heterocycles. The highest BCUT2D eigenvalue weighted by molar-refractivity contribution is 9.10. The molecular formula is C14H16BrNO3. The lowest BCUT2D eigenvalue weighted by Gasteiger charge is -2.13.